The van der Waals surface area contributed by atoms with E-state index in [1.165, 1.54) is 17.0 Å². The van der Waals surface area contributed by atoms with Crippen molar-refractivity contribution in [2.24, 2.45) is 7.05 Å². The molecule has 38 heavy (non-hydrogen) atoms. The monoisotopic (exact) mass is 516 g/mol. The topological polar surface area (TPSA) is 106 Å². The predicted molar refractivity (Wildman–Crippen MR) is 146 cm³/mol. The van der Waals surface area contributed by atoms with Crippen LogP contribution in [0.4, 0.5) is 11.8 Å². The van der Waals surface area contributed by atoms with Gasteiger partial charge in [0.25, 0.3) is 0 Å². The van der Waals surface area contributed by atoms with Gasteiger partial charge in [0.1, 0.15) is 5.82 Å². The molecular weight excluding hydrogens is 480 g/mol. The van der Waals surface area contributed by atoms with Gasteiger partial charge < -0.3 is 20.1 Å². The number of aryl methyl sites for hydroxylation is 1. The van der Waals surface area contributed by atoms with Crippen molar-refractivity contribution in [2.45, 2.75) is 63.6 Å². The number of hydrogen-bond donors (Lipinski definition) is 2. The molecule has 6 rings (SSSR count). The van der Waals surface area contributed by atoms with Crippen molar-refractivity contribution in [2.75, 3.05) is 30.5 Å². The zero-order chi connectivity index (χ0) is 26.2. The van der Waals surface area contributed by atoms with E-state index in [4.69, 9.17) is 14.8 Å². The molecule has 0 unspecified atom stereocenters. The van der Waals surface area contributed by atoms with Gasteiger partial charge in [0, 0.05) is 50.1 Å². The molecule has 1 fully saturated rings. The van der Waals surface area contributed by atoms with Gasteiger partial charge in [-0.05, 0) is 68.4 Å². The van der Waals surface area contributed by atoms with Gasteiger partial charge in [0.15, 0.2) is 0 Å². The van der Waals surface area contributed by atoms with Gasteiger partial charge >= 0.3 is 0 Å². The summed E-state index contributed by atoms with van der Waals surface area (Å²) in [5, 5.41) is 22.8. The van der Waals surface area contributed by atoms with Crippen LogP contribution in [0.5, 0.6) is 0 Å². The van der Waals surface area contributed by atoms with Crippen molar-refractivity contribution >= 4 is 17.3 Å². The van der Waals surface area contributed by atoms with Crippen LogP contribution in [0, 0.1) is 0 Å². The highest BCUT2D eigenvalue weighted by molar-refractivity contribution is 5.82. The second kappa shape index (κ2) is 10.3. The first-order valence-electron chi connectivity index (χ1n) is 13.5. The second-order valence-electron chi connectivity index (χ2n) is 10.7. The highest BCUT2D eigenvalue weighted by atomic mass is 16.5. The molecule has 4 aromatic heterocycles. The molecule has 0 saturated heterocycles. The number of nitrogens with zero attached hydrogens (tertiary/aromatic N) is 7. The maximum absolute atomic E-state index is 10.1. The summed E-state index contributed by atoms with van der Waals surface area (Å²) in [7, 11) is 3.70. The number of nitrogens with one attached hydrogen (secondary N) is 1. The number of anilines is 2. The first-order valence-corrected chi connectivity index (χ1v) is 13.5. The lowest BCUT2D eigenvalue weighted by molar-refractivity contribution is 0.121. The fourth-order valence-electron chi connectivity index (χ4n) is 5.88. The number of aliphatic hydroxyl groups excluding tert-OH is 1. The van der Waals surface area contributed by atoms with E-state index in [9.17, 15) is 5.11 Å². The van der Waals surface area contributed by atoms with Crippen LogP contribution in [-0.2, 0) is 24.8 Å². The fourth-order valence-corrected chi connectivity index (χ4v) is 5.88. The minimum Gasteiger partial charge on any atom is -0.393 e. The fraction of sp³-hybridized carbons (Fsp3) is 0.500. The lowest BCUT2D eigenvalue weighted by Gasteiger charge is -2.28. The normalized spacial score (nSPS) is 20.5. The van der Waals surface area contributed by atoms with Crippen LogP contribution in [-0.4, -0.2) is 66.9 Å². The molecule has 4 aromatic rings. The lowest BCUT2D eigenvalue weighted by atomic mass is 9.85. The Balaban J connectivity index is 1.37. The summed E-state index contributed by atoms with van der Waals surface area (Å²) in [4.78, 5) is 11.7. The van der Waals surface area contributed by atoms with Gasteiger partial charge in [-0.2, -0.15) is 5.10 Å². The predicted octanol–water partition coefficient (Wildman–Crippen LogP) is 3.55. The Labute approximate surface area is 222 Å². The summed E-state index contributed by atoms with van der Waals surface area (Å²) in [6, 6.07) is 6.61. The summed E-state index contributed by atoms with van der Waals surface area (Å²) in [5.74, 6) is 1.88. The SMILES string of the molecule is COC[C@H](C)Nc1ncc2c(-c3ccnc(N4CCc5cnn(C)c5C4)c3)cc([C@H]3CC[C@H](O)CC3)n2n1. The van der Waals surface area contributed by atoms with E-state index < -0.39 is 0 Å². The minimum absolute atomic E-state index is 0.0907. The number of rotatable bonds is 7. The second-order valence-corrected chi connectivity index (χ2v) is 10.7. The van der Waals surface area contributed by atoms with E-state index in [1.54, 1.807) is 7.11 Å². The Morgan fingerprint density at radius 2 is 2.00 bits per heavy atom. The molecule has 0 radical (unpaired) electrons. The van der Waals surface area contributed by atoms with Crippen LogP contribution >= 0.6 is 0 Å². The molecule has 10 heteroatoms. The van der Waals surface area contributed by atoms with E-state index in [0.29, 0.717) is 18.5 Å². The zero-order valence-electron chi connectivity index (χ0n) is 22.3. The van der Waals surface area contributed by atoms with Crippen molar-refractivity contribution in [3.63, 3.8) is 0 Å². The lowest BCUT2D eigenvalue weighted by Crippen LogP contribution is -2.31. The van der Waals surface area contributed by atoms with Crippen molar-refractivity contribution in [1.82, 2.24) is 29.4 Å². The van der Waals surface area contributed by atoms with Crippen LogP contribution in [0.2, 0.25) is 0 Å². The molecule has 0 aromatic carbocycles. The average Bonchev–Trinajstić information content (AvgIpc) is 3.49. The van der Waals surface area contributed by atoms with Crippen LogP contribution in [0.15, 0.2) is 36.8 Å². The van der Waals surface area contributed by atoms with Crippen molar-refractivity contribution in [3.05, 3.63) is 53.7 Å². The van der Waals surface area contributed by atoms with Gasteiger partial charge in [-0.3, -0.25) is 4.68 Å². The Hall–Kier alpha value is -3.50. The highest BCUT2D eigenvalue weighted by Gasteiger charge is 2.26. The van der Waals surface area contributed by atoms with Crippen LogP contribution in [0.25, 0.3) is 16.6 Å². The quantitative estimate of drug-likeness (QED) is 0.384. The Morgan fingerprint density at radius 3 is 2.82 bits per heavy atom. The molecule has 2 N–H and O–H groups in total. The van der Waals surface area contributed by atoms with E-state index in [1.807, 2.05) is 30.3 Å². The van der Waals surface area contributed by atoms with E-state index >= 15 is 0 Å². The minimum atomic E-state index is -0.203. The van der Waals surface area contributed by atoms with Crippen LogP contribution in [0.3, 0.4) is 0 Å². The number of fused-ring (bicyclic) bond motifs is 2. The summed E-state index contributed by atoms with van der Waals surface area (Å²) in [5.41, 5.74) is 6.91. The maximum Gasteiger partial charge on any atom is 0.241 e. The first kappa shape index (κ1) is 24.8. The number of methoxy groups -OCH3 is 1. The molecule has 1 aliphatic carbocycles. The summed E-state index contributed by atoms with van der Waals surface area (Å²) >= 11 is 0. The van der Waals surface area contributed by atoms with Gasteiger partial charge in [-0.25, -0.2) is 14.5 Å². The number of aromatic nitrogens is 6. The van der Waals surface area contributed by atoms with E-state index in [-0.39, 0.29) is 12.1 Å². The molecule has 2 aliphatic rings. The molecule has 0 spiro atoms. The molecule has 1 saturated carbocycles. The third kappa shape index (κ3) is 4.74. The van der Waals surface area contributed by atoms with E-state index in [0.717, 1.165) is 67.7 Å². The third-order valence-corrected chi connectivity index (χ3v) is 7.97. The van der Waals surface area contributed by atoms with Gasteiger partial charge in [-0.15, -0.1) is 5.10 Å². The molecule has 10 nitrogen and oxygen atoms in total. The number of ether oxygens (including phenoxy) is 1. The van der Waals surface area contributed by atoms with E-state index in [2.05, 4.69) is 49.9 Å². The Bertz CT molecular complexity index is 1420. The van der Waals surface area contributed by atoms with Gasteiger partial charge in [0.2, 0.25) is 5.95 Å². The molecule has 5 heterocycles. The number of pyridine rings is 1. The molecule has 200 valence electrons. The Kier molecular flexibility index (Phi) is 6.75. The van der Waals surface area contributed by atoms with Crippen LogP contribution in [0.1, 0.15) is 55.5 Å². The molecule has 1 aliphatic heterocycles. The average molecular weight is 517 g/mol. The first-order chi connectivity index (χ1) is 18.5. The summed E-state index contributed by atoms with van der Waals surface area (Å²) in [6.07, 6.45) is 10.1. The Morgan fingerprint density at radius 1 is 1.16 bits per heavy atom. The highest BCUT2D eigenvalue weighted by Crippen LogP contribution is 2.38. The summed E-state index contributed by atoms with van der Waals surface area (Å²) in [6.45, 7) is 4.34. The largest absolute Gasteiger partial charge is 0.393 e. The van der Waals surface area contributed by atoms with Crippen LogP contribution < -0.4 is 10.2 Å². The smallest absolute Gasteiger partial charge is 0.241 e. The van der Waals surface area contributed by atoms with Crippen molar-refractivity contribution in [3.8, 4) is 11.1 Å². The third-order valence-electron chi connectivity index (χ3n) is 7.97. The zero-order valence-corrected chi connectivity index (χ0v) is 22.3. The molecular formula is C28H36N8O2. The molecule has 1 atom stereocenters. The van der Waals surface area contributed by atoms with Gasteiger partial charge in [0.05, 0.1) is 42.9 Å². The molecule has 0 bridgehead atoms. The molecule has 0 amide bonds. The summed E-state index contributed by atoms with van der Waals surface area (Å²) < 4.78 is 9.29. The standard InChI is InChI=1S/C28H36N8O2/c1-18(17-38-3)32-28-30-15-25-23(13-24(36(25)33-28)19-4-6-22(37)7-5-19)20-8-10-29-27(12-20)35-11-9-21-14-31-34(2)26(21)16-35/h8,10,12-15,18-19,22,37H,4-7,9,11,16-17H2,1-3H3,(H,32,33)/t18-,19-,22-/m0/s1. The maximum atomic E-state index is 10.1. The number of aliphatic hydroxyl groups is 1. The van der Waals surface area contributed by atoms with Crippen molar-refractivity contribution < 1.29 is 9.84 Å². The van der Waals surface area contributed by atoms with Crippen molar-refractivity contribution in [1.29, 1.82) is 0 Å². The van der Waals surface area contributed by atoms with Gasteiger partial charge in [-0.1, -0.05) is 0 Å². The number of hydrogen-bond acceptors (Lipinski definition) is 8.